The topological polar surface area (TPSA) is 62.2 Å². The summed E-state index contributed by atoms with van der Waals surface area (Å²) in [6.45, 7) is 1.13. The van der Waals surface area contributed by atoms with E-state index in [1.807, 2.05) is 35.2 Å². The molecule has 5 rings (SSSR count). The molecule has 3 unspecified atom stereocenters. The van der Waals surface area contributed by atoms with Crippen molar-refractivity contribution in [3.05, 3.63) is 95.1 Å². The van der Waals surface area contributed by atoms with Gasteiger partial charge in [0.2, 0.25) is 0 Å². The second-order valence-corrected chi connectivity index (χ2v) is 9.71. The van der Waals surface area contributed by atoms with Crippen LogP contribution in [0, 0.1) is 11.6 Å². The highest BCUT2D eigenvalue weighted by molar-refractivity contribution is 5.37. The number of aryl methyl sites for hydroxylation is 2. The fourth-order valence-electron chi connectivity index (χ4n) is 5.11. The van der Waals surface area contributed by atoms with Gasteiger partial charge in [-0.25, -0.2) is 8.78 Å². The van der Waals surface area contributed by atoms with Gasteiger partial charge in [0.1, 0.15) is 47.5 Å². The summed E-state index contributed by atoms with van der Waals surface area (Å²) in [5.41, 5.74) is 2.68. The molecular formula is C29H31F2NO4. The van der Waals surface area contributed by atoms with Crippen molar-refractivity contribution in [2.45, 2.75) is 56.6 Å². The van der Waals surface area contributed by atoms with E-state index in [0.717, 1.165) is 16.7 Å². The van der Waals surface area contributed by atoms with Gasteiger partial charge in [-0.1, -0.05) is 30.3 Å². The Bertz CT molecular complexity index is 1100. The Kier molecular flexibility index (Phi) is 7.51. The van der Waals surface area contributed by atoms with E-state index in [-0.39, 0.29) is 11.6 Å². The number of aliphatic hydroxyl groups is 2. The summed E-state index contributed by atoms with van der Waals surface area (Å²) < 4.78 is 39.1. The minimum absolute atomic E-state index is 0.293. The molecule has 2 aliphatic rings. The molecule has 2 heterocycles. The summed E-state index contributed by atoms with van der Waals surface area (Å²) >= 11 is 0. The SMILES string of the molecule is OC(CN(Cc1ccccc1)CC(O)[C@H]1CCc2cc(F)ccc2O1)C1CCc2cc(F)ccc2O1. The molecule has 0 amide bonds. The zero-order valence-electron chi connectivity index (χ0n) is 20.0. The molecule has 2 aliphatic heterocycles. The van der Waals surface area contributed by atoms with Crippen LogP contribution in [0.1, 0.15) is 29.5 Å². The number of aliphatic hydroxyl groups excluding tert-OH is 2. The van der Waals surface area contributed by atoms with E-state index in [1.54, 1.807) is 12.1 Å². The Morgan fingerprint density at radius 1 is 0.750 bits per heavy atom. The monoisotopic (exact) mass is 495 g/mol. The highest BCUT2D eigenvalue weighted by Crippen LogP contribution is 2.31. The number of benzene rings is 3. The Balaban J connectivity index is 1.26. The first-order valence-corrected chi connectivity index (χ1v) is 12.5. The van der Waals surface area contributed by atoms with Crippen LogP contribution in [0.4, 0.5) is 8.78 Å². The lowest BCUT2D eigenvalue weighted by Crippen LogP contribution is -2.48. The van der Waals surface area contributed by atoms with E-state index in [9.17, 15) is 19.0 Å². The van der Waals surface area contributed by atoms with Gasteiger partial charge in [0.05, 0.1) is 0 Å². The Labute approximate surface area is 209 Å². The normalized spacial score (nSPS) is 20.6. The largest absolute Gasteiger partial charge is 0.487 e. The first-order valence-electron chi connectivity index (χ1n) is 12.5. The van der Waals surface area contributed by atoms with E-state index in [0.29, 0.717) is 56.8 Å². The van der Waals surface area contributed by atoms with E-state index in [2.05, 4.69) is 0 Å². The van der Waals surface area contributed by atoms with Gasteiger partial charge in [-0.05, 0) is 78.8 Å². The molecule has 0 saturated carbocycles. The maximum absolute atomic E-state index is 13.5. The fourth-order valence-corrected chi connectivity index (χ4v) is 5.11. The predicted octanol–water partition coefficient (Wildman–Crippen LogP) is 4.28. The van der Waals surface area contributed by atoms with Crippen LogP contribution in [0.15, 0.2) is 66.7 Å². The van der Waals surface area contributed by atoms with Gasteiger partial charge in [0.25, 0.3) is 0 Å². The smallest absolute Gasteiger partial charge is 0.126 e. The molecule has 0 spiro atoms. The number of fused-ring (bicyclic) bond motifs is 2. The van der Waals surface area contributed by atoms with Crippen molar-refractivity contribution < 1.29 is 28.5 Å². The van der Waals surface area contributed by atoms with Gasteiger partial charge in [-0.2, -0.15) is 0 Å². The third-order valence-electron chi connectivity index (χ3n) is 7.00. The second kappa shape index (κ2) is 10.9. The van der Waals surface area contributed by atoms with Crippen LogP contribution in [0.3, 0.4) is 0 Å². The van der Waals surface area contributed by atoms with E-state index >= 15 is 0 Å². The van der Waals surface area contributed by atoms with Crippen LogP contribution in [0.2, 0.25) is 0 Å². The summed E-state index contributed by atoms with van der Waals surface area (Å²) in [4.78, 5) is 2.01. The van der Waals surface area contributed by atoms with Crippen LogP contribution < -0.4 is 9.47 Å². The van der Waals surface area contributed by atoms with Crippen molar-refractivity contribution in [2.75, 3.05) is 13.1 Å². The standard InChI is InChI=1S/C29H31F2NO4/c30-22-8-12-26-20(14-22)6-10-28(35-26)24(33)17-32(16-19-4-2-1-3-5-19)18-25(34)29-11-7-21-15-23(31)9-13-27(21)36-29/h1-5,8-9,12-15,24-25,28-29,33-34H,6-7,10-11,16-18H2/t24?,25?,28-,29?/m1/s1. The molecule has 36 heavy (non-hydrogen) atoms. The summed E-state index contributed by atoms with van der Waals surface area (Å²) in [7, 11) is 0. The second-order valence-electron chi connectivity index (χ2n) is 9.71. The van der Waals surface area contributed by atoms with Gasteiger partial charge in [-0.15, -0.1) is 0 Å². The van der Waals surface area contributed by atoms with Gasteiger partial charge in [0, 0.05) is 19.6 Å². The van der Waals surface area contributed by atoms with Crippen LogP contribution in [0.25, 0.3) is 0 Å². The number of rotatable bonds is 8. The van der Waals surface area contributed by atoms with Crippen molar-refractivity contribution in [1.29, 1.82) is 0 Å². The predicted molar refractivity (Wildman–Crippen MR) is 132 cm³/mol. The summed E-state index contributed by atoms with van der Waals surface area (Å²) in [6.07, 6.45) is -0.0167. The maximum atomic E-state index is 13.5. The molecule has 0 aliphatic carbocycles. The minimum Gasteiger partial charge on any atom is -0.487 e. The van der Waals surface area contributed by atoms with Crippen molar-refractivity contribution >= 4 is 0 Å². The maximum Gasteiger partial charge on any atom is 0.126 e. The third kappa shape index (κ3) is 5.86. The minimum atomic E-state index is -0.796. The zero-order valence-corrected chi connectivity index (χ0v) is 20.0. The molecule has 0 aromatic heterocycles. The van der Waals surface area contributed by atoms with E-state index in [4.69, 9.17) is 9.47 Å². The Morgan fingerprint density at radius 2 is 1.25 bits per heavy atom. The molecule has 2 N–H and O–H groups in total. The summed E-state index contributed by atoms with van der Waals surface area (Å²) in [5, 5.41) is 22.2. The van der Waals surface area contributed by atoms with Crippen LogP contribution >= 0.6 is 0 Å². The lowest BCUT2D eigenvalue weighted by molar-refractivity contribution is -0.0295. The molecule has 7 heteroatoms. The summed E-state index contributed by atoms with van der Waals surface area (Å²) in [5.74, 6) is 0.619. The van der Waals surface area contributed by atoms with Crippen molar-refractivity contribution in [3.8, 4) is 11.5 Å². The highest BCUT2D eigenvalue weighted by atomic mass is 19.1. The Hall–Kier alpha value is -3.00. The molecule has 0 bridgehead atoms. The van der Waals surface area contributed by atoms with Crippen LogP contribution in [-0.2, 0) is 19.4 Å². The molecule has 3 aromatic carbocycles. The van der Waals surface area contributed by atoms with Gasteiger partial charge < -0.3 is 19.7 Å². The van der Waals surface area contributed by atoms with Crippen molar-refractivity contribution in [3.63, 3.8) is 0 Å². The molecule has 190 valence electrons. The molecule has 0 fully saturated rings. The van der Waals surface area contributed by atoms with Crippen molar-refractivity contribution in [1.82, 2.24) is 4.90 Å². The first-order chi connectivity index (χ1) is 17.4. The fraction of sp³-hybridized carbons (Fsp3) is 0.379. The molecular weight excluding hydrogens is 464 g/mol. The van der Waals surface area contributed by atoms with Gasteiger partial charge in [0.15, 0.2) is 0 Å². The molecule has 5 nitrogen and oxygen atoms in total. The number of hydrogen-bond donors (Lipinski definition) is 2. The average Bonchev–Trinajstić information content (AvgIpc) is 2.88. The van der Waals surface area contributed by atoms with Crippen LogP contribution in [-0.4, -0.2) is 52.6 Å². The number of ether oxygens (including phenoxy) is 2. The summed E-state index contributed by atoms with van der Waals surface area (Å²) in [6, 6.07) is 18.8. The van der Waals surface area contributed by atoms with E-state index in [1.165, 1.54) is 24.3 Å². The average molecular weight is 496 g/mol. The zero-order chi connectivity index (χ0) is 25.1. The lowest BCUT2D eigenvalue weighted by atomic mass is 9.97. The van der Waals surface area contributed by atoms with Crippen LogP contribution in [0.5, 0.6) is 11.5 Å². The molecule has 0 radical (unpaired) electrons. The van der Waals surface area contributed by atoms with Gasteiger partial charge in [-0.3, -0.25) is 4.90 Å². The van der Waals surface area contributed by atoms with Crippen molar-refractivity contribution in [2.24, 2.45) is 0 Å². The van der Waals surface area contributed by atoms with E-state index < -0.39 is 24.4 Å². The number of halogens is 2. The molecule has 3 aromatic rings. The third-order valence-corrected chi connectivity index (χ3v) is 7.00. The molecule has 0 saturated heterocycles. The number of nitrogens with zero attached hydrogens (tertiary/aromatic N) is 1. The number of hydrogen-bond acceptors (Lipinski definition) is 5. The Morgan fingerprint density at radius 3 is 1.75 bits per heavy atom. The highest BCUT2D eigenvalue weighted by Gasteiger charge is 2.32. The molecule has 4 atom stereocenters. The lowest BCUT2D eigenvalue weighted by Gasteiger charge is -2.35. The van der Waals surface area contributed by atoms with Gasteiger partial charge >= 0.3 is 0 Å². The quantitative estimate of drug-likeness (QED) is 0.489. The first kappa shape index (κ1) is 24.7.